The molecule has 5 heteroatoms. The Hall–Kier alpha value is -1.88. The maximum atomic E-state index is 12.1. The smallest absolute Gasteiger partial charge is 0.251 e. The van der Waals surface area contributed by atoms with E-state index in [0.29, 0.717) is 18.2 Å². The summed E-state index contributed by atoms with van der Waals surface area (Å²) in [5, 5.41) is 6.08. The van der Waals surface area contributed by atoms with E-state index in [1.807, 2.05) is 41.9 Å². The van der Waals surface area contributed by atoms with E-state index in [9.17, 15) is 4.79 Å². The van der Waals surface area contributed by atoms with Crippen molar-refractivity contribution in [3.63, 3.8) is 0 Å². The summed E-state index contributed by atoms with van der Waals surface area (Å²) in [7, 11) is 0. The van der Waals surface area contributed by atoms with Gasteiger partial charge in [0, 0.05) is 36.3 Å². The van der Waals surface area contributed by atoms with Crippen LogP contribution in [0.2, 0.25) is 0 Å². The molecule has 1 aliphatic rings. The average Bonchev–Trinajstić information content (AvgIpc) is 3.16. The van der Waals surface area contributed by atoms with Gasteiger partial charge in [-0.3, -0.25) is 4.79 Å². The first-order valence-electron chi connectivity index (χ1n) is 6.84. The third-order valence-electron chi connectivity index (χ3n) is 3.58. The van der Waals surface area contributed by atoms with Crippen molar-refractivity contribution in [2.75, 3.05) is 18.0 Å². The first kappa shape index (κ1) is 13.1. The summed E-state index contributed by atoms with van der Waals surface area (Å²) >= 11 is 1.66. The normalized spacial score (nSPS) is 18.2. The molecular weight excluding hydrogens is 270 g/mol. The number of thiazole rings is 1. The van der Waals surface area contributed by atoms with Crippen LogP contribution < -0.4 is 10.2 Å². The lowest BCUT2D eigenvalue weighted by atomic mass is 10.2. The van der Waals surface area contributed by atoms with Gasteiger partial charge in [-0.1, -0.05) is 18.2 Å². The van der Waals surface area contributed by atoms with E-state index in [4.69, 9.17) is 0 Å². The third-order valence-corrected chi connectivity index (χ3v) is 4.38. The molecule has 2 aromatic rings. The van der Waals surface area contributed by atoms with Crippen molar-refractivity contribution in [3.05, 3.63) is 47.5 Å². The minimum absolute atomic E-state index is 0.00316. The number of hydrogen-bond donors (Lipinski definition) is 1. The Balaban J connectivity index is 1.59. The molecule has 4 nitrogen and oxygen atoms in total. The molecule has 1 saturated heterocycles. The highest BCUT2D eigenvalue weighted by molar-refractivity contribution is 7.13. The van der Waals surface area contributed by atoms with Crippen molar-refractivity contribution < 1.29 is 4.79 Å². The van der Waals surface area contributed by atoms with E-state index in [-0.39, 0.29) is 5.91 Å². The average molecular weight is 287 g/mol. The van der Waals surface area contributed by atoms with Gasteiger partial charge in [0.2, 0.25) is 0 Å². The number of carbonyl (C=O) groups excluding carboxylic acids is 1. The number of nitrogens with one attached hydrogen (secondary N) is 1. The molecule has 1 aromatic carbocycles. The second-order valence-corrected chi connectivity index (χ2v) is 5.75. The largest absolute Gasteiger partial charge is 0.350 e. The third kappa shape index (κ3) is 2.82. The molecule has 1 fully saturated rings. The lowest BCUT2D eigenvalue weighted by Gasteiger charge is -2.24. The predicted molar refractivity (Wildman–Crippen MR) is 81.3 cm³/mol. The van der Waals surface area contributed by atoms with Crippen molar-refractivity contribution in [1.29, 1.82) is 0 Å². The van der Waals surface area contributed by atoms with Crippen LogP contribution in [0, 0.1) is 0 Å². The summed E-state index contributed by atoms with van der Waals surface area (Å²) < 4.78 is 0. The number of aromatic nitrogens is 1. The maximum absolute atomic E-state index is 12.1. The van der Waals surface area contributed by atoms with Gasteiger partial charge in [0.15, 0.2) is 5.13 Å². The fraction of sp³-hybridized carbons (Fsp3) is 0.333. The van der Waals surface area contributed by atoms with Crippen LogP contribution in [-0.4, -0.2) is 30.0 Å². The van der Waals surface area contributed by atoms with Crippen molar-refractivity contribution in [3.8, 4) is 0 Å². The number of hydrogen-bond acceptors (Lipinski definition) is 4. The Morgan fingerprint density at radius 3 is 3.00 bits per heavy atom. The first-order valence-corrected chi connectivity index (χ1v) is 7.72. The minimum atomic E-state index is -0.00316. The molecule has 3 rings (SSSR count). The van der Waals surface area contributed by atoms with E-state index in [1.54, 1.807) is 11.3 Å². The fourth-order valence-corrected chi connectivity index (χ4v) is 3.30. The molecule has 104 valence electrons. The second-order valence-electron chi connectivity index (χ2n) is 4.88. The molecule has 1 aliphatic heterocycles. The van der Waals surface area contributed by atoms with Gasteiger partial charge >= 0.3 is 0 Å². The van der Waals surface area contributed by atoms with Gasteiger partial charge in [-0.05, 0) is 25.0 Å². The number of carbonyl (C=O) groups is 1. The molecule has 1 unspecified atom stereocenters. The van der Waals surface area contributed by atoms with Crippen LogP contribution in [0.3, 0.4) is 0 Å². The lowest BCUT2D eigenvalue weighted by molar-refractivity contribution is 0.0951. The number of amides is 1. The number of nitrogens with zero attached hydrogens (tertiary/aromatic N) is 2. The van der Waals surface area contributed by atoms with Crippen LogP contribution in [0.15, 0.2) is 41.9 Å². The molecule has 2 heterocycles. The van der Waals surface area contributed by atoms with Gasteiger partial charge in [-0.2, -0.15) is 0 Å². The highest BCUT2D eigenvalue weighted by atomic mass is 32.1. The summed E-state index contributed by atoms with van der Waals surface area (Å²) in [6.45, 7) is 1.70. The molecule has 0 aliphatic carbocycles. The Bertz CT molecular complexity index is 556. The Labute approximate surface area is 122 Å². The van der Waals surface area contributed by atoms with Crippen LogP contribution in [0.25, 0.3) is 0 Å². The van der Waals surface area contributed by atoms with Gasteiger partial charge in [0.1, 0.15) is 0 Å². The second kappa shape index (κ2) is 6.05. The zero-order valence-corrected chi connectivity index (χ0v) is 12.0. The Morgan fingerprint density at radius 1 is 1.40 bits per heavy atom. The van der Waals surface area contributed by atoms with Gasteiger partial charge in [-0.15, -0.1) is 11.3 Å². The van der Waals surface area contributed by atoms with Crippen LogP contribution >= 0.6 is 11.3 Å². The molecule has 1 N–H and O–H groups in total. The number of rotatable bonds is 4. The molecule has 0 radical (unpaired) electrons. The molecular formula is C15H17N3OS. The van der Waals surface area contributed by atoms with E-state index in [1.165, 1.54) is 0 Å². The monoisotopic (exact) mass is 287 g/mol. The van der Waals surface area contributed by atoms with Gasteiger partial charge in [-0.25, -0.2) is 4.98 Å². The van der Waals surface area contributed by atoms with Crippen molar-refractivity contribution in [1.82, 2.24) is 10.3 Å². The molecule has 0 saturated carbocycles. The summed E-state index contributed by atoms with van der Waals surface area (Å²) in [5.41, 5.74) is 0.714. The molecule has 0 bridgehead atoms. The summed E-state index contributed by atoms with van der Waals surface area (Å²) in [6, 6.07) is 9.70. The highest BCUT2D eigenvalue weighted by Crippen LogP contribution is 2.26. The zero-order chi connectivity index (χ0) is 13.8. The van der Waals surface area contributed by atoms with E-state index < -0.39 is 0 Å². The minimum Gasteiger partial charge on any atom is -0.350 e. The van der Waals surface area contributed by atoms with E-state index >= 15 is 0 Å². The molecule has 0 spiro atoms. The molecule has 1 aromatic heterocycles. The summed E-state index contributed by atoms with van der Waals surface area (Å²) in [6.07, 6.45) is 4.10. The number of anilines is 1. The summed E-state index contributed by atoms with van der Waals surface area (Å²) in [5.74, 6) is -0.00316. The van der Waals surface area contributed by atoms with E-state index in [0.717, 1.165) is 24.5 Å². The number of benzene rings is 1. The fourth-order valence-electron chi connectivity index (χ4n) is 2.56. The SMILES string of the molecule is O=C(NCC1CCCN1c1nccs1)c1ccccc1. The molecule has 1 amide bonds. The quantitative estimate of drug-likeness (QED) is 0.940. The lowest BCUT2D eigenvalue weighted by Crippen LogP contribution is -2.40. The Kier molecular flexibility index (Phi) is 3.97. The highest BCUT2D eigenvalue weighted by Gasteiger charge is 2.26. The van der Waals surface area contributed by atoms with Gasteiger partial charge in [0.25, 0.3) is 5.91 Å². The molecule has 1 atom stereocenters. The van der Waals surface area contributed by atoms with Gasteiger partial charge in [0.05, 0.1) is 0 Å². The maximum Gasteiger partial charge on any atom is 0.251 e. The predicted octanol–water partition coefficient (Wildman–Crippen LogP) is 2.54. The van der Waals surface area contributed by atoms with E-state index in [2.05, 4.69) is 15.2 Å². The standard InChI is InChI=1S/C15H17N3OS/c19-14(12-5-2-1-3-6-12)17-11-13-7-4-9-18(13)15-16-8-10-20-15/h1-3,5-6,8,10,13H,4,7,9,11H2,(H,17,19). The Morgan fingerprint density at radius 2 is 2.25 bits per heavy atom. The molecule has 20 heavy (non-hydrogen) atoms. The topological polar surface area (TPSA) is 45.2 Å². The van der Waals surface area contributed by atoms with Crippen molar-refractivity contribution in [2.45, 2.75) is 18.9 Å². The van der Waals surface area contributed by atoms with Crippen LogP contribution in [-0.2, 0) is 0 Å². The van der Waals surface area contributed by atoms with Crippen molar-refractivity contribution >= 4 is 22.4 Å². The van der Waals surface area contributed by atoms with Crippen LogP contribution in [0.1, 0.15) is 23.2 Å². The van der Waals surface area contributed by atoms with Crippen LogP contribution in [0.4, 0.5) is 5.13 Å². The summed E-state index contributed by atoms with van der Waals surface area (Å²) in [4.78, 5) is 18.7. The zero-order valence-electron chi connectivity index (χ0n) is 11.2. The van der Waals surface area contributed by atoms with Gasteiger partial charge < -0.3 is 10.2 Å². The first-order chi connectivity index (χ1) is 9.84. The van der Waals surface area contributed by atoms with Crippen LogP contribution in [0.5, 0.6) is 0 Å². The van der Waals surface area contributed by atoms with Crippen molar-refractivity contribution in [2.24, 2.45) is 0 Å².